The van der Waals surface area contributed by atoms with E-state index >= 15 is 0 Å². The summed E-state index contributed by atoms with van der Waals surface area (Å²) >= 11 is 0. The van der Waals surface area contributed by atoms with Gasteiger partial charge in [0.25, 0.3) is 0 Å². The second-order valence-corrected chi connectivity index (χ2v) is 3.92. The molecule has 0 aliphatic rings. The van der Waals surface area contributed by atoms with Crippen molar-refractivity contribution >= 4 is 5.97 Å². The normalized spacial score (nSPS) is 12.1. The van der Waals surface area contributed by atoms with Crippen molar-refractivity contribution in [1.29, 1.82) is 0 Å². The molecule has 0 radical (unpaired) electrons. The highest BCUT2D eigenvalue weighted by molar-refractivity contribution is 5.78. The standard InChI is InChI=1S/C14H20O2/c1-3-8-13(14(15)16-11-4-2)12-9-6-5-7-10-12/h5-7,9-10,13H,3-4,8,11H2,1-2H3. The van der Waals surface area contributed by atoms with E-state index in [1.807, 2.05) is 37.3 Å². The van der Waals surface area contributed by atoms with E-state index < -0.39 is 0 Å². The second-order valence-electron chi connectivity index (χ2n) is 3.92. The SMILES string of the molecule is CCCOC(=O)C(CCC)c1ccccc1. The molecule has 1 atom stereocenters. The number of carbonyl (C=O) groups excluding carboxylic acids is 1. The minimum atomic E-state index is -0.0993. The number of benzene rings is 1. The molecule has 0 spiro atoms. The van der Waals surface area contributed by atoms with Crippen molar-refractivity contribution in [2.45, 2.75) is 39.0 Å². The Bertz CT molecular complexity index is 306. The zero-order valence-electron chi connectivity index (χ0n) is 10.1. The third-order valence-electron chi connectivity index (χ3n) is 2.51. The first-order chi connectivity index (χ1) is 7.79. The van der Waals surface area contributed by atoms with E-state index in [0.29, 0.717) is 6.61 Å². The Morgan fingerprint density at radius 1 is 1.19 bits per heavy atom. The van der Waals surface area contributed by atoms with Gasteiger partial charge in [0.15, 0.2) is 0 Å². The molecule has 0 aliphatic carbocycles. The zero-order chi connectivity index (χ0) is 11.8. The van der Waals surface area contributed by atoms with Crippen LogP contribution in [0.15, 0.2) is 30.3 Å². The zero-order valence-corrected chi connectivity index (χ0v) is 10.1. The highest BCUT2D eigenvalue weighted by Crippen LogP contribution is 2.22. The minimum Gasteiger partial charge on any atom is -0.465 e. The topological polar surface area (TPSA) is 26.3 Å². The van der Waals surface area contributed by atoms with Gasteiger partial charge in [0.05, 0.1) is 12.5 Å². The molecule has 2 nitrogen and oxygen atoms in total. The van der Waals surface area contributed by atoms with Gasteiger partial charge in [0, 0.05) is 0 Å². The maximum atomic E-state index is 11.9. The first kappa shape index (κ1) is 12.8. The minimum absolute atomic E-state index is 0.0881. The van der Waals surface area contributed by atoms with Crippen LogP contribution in [0, 0.1) is 0 Å². The average Bonchev–Trinajstić information content (AvgIpc) is 2.34. The lowest BCUT2D eigenvalue weighted by Crippen LogP contribution is -2.16. The lowest BCUT2D eigenvalue weighted by atomic mass is 9.95. The Hall–Kier alpha value is -1.31. The highest BCUT2D eigenvalue weighted by Gasteiger charge is 2.20. The van der Waals surface area contributed by atoms with Gasteiger partial charge in [0.1, 0.15) is 0 Å². The Balaban J connectivity index is 2.71. The van der Waals surface area contributed by atoms with Crippen LogP contribution in [0.2, 0.25) is 0 Å². The van der Waals surface area contributed by atoms with Gasteiger partial charge in [-0.05, 0) is 18.4 Å². The summed E-state index contributed by atoms with van der Waals surface area (Å²) in [6, 6.07) is 9.88. The molecule has 1 aromatic rings. The van der Waals surface area contributed by atoms with Crippen LogP contribution in [0.5, 0.6) is 0 Å². The summed E-state index contributed by atoms with van der Waals surface area (Å²) in [5.74, 6) is -0.187. The van der Waals surface area contributed by atoms with Gasteiger partial charge >= 0.3 is 5.97 Å². The third-order valence-corrected chi connectivity index (χ3v) is 2.51. The van der Waals surface area contributed by atoms with Crippen molar-refractivity contribution in [3.8, 4) is 0 Å². The van der Waals surface area contributed by atoms with Gasteiger partial charge in [-0.1, -0.05) is 50.6 Å². The molecular formula is C14H20O2. The number of hydrogen-bond acceptors (Lipinski definition) is 2. The summed E-state index contributed by atoms with van der Waals surface area (Å²) in [5.41, 5.74) is 1.06. The molecule has 0 fully saturated rings. The van der Waals surface area contributed by atoms with Crippen molar-refractivity contribution in [3.05, 3.63) is 35.9 Å². The van der Waals surface area contributed by atoms with E-state index in [0.717, 1.165) is 24.8 Å². The quantitative estimate of drug-likeness (QED) is 0.686. The van der Waals surface area contributed by atoms with Crippen LogP contribution < -0.4 is 0 Å². The second kappa shape index (κ2) is 7.04. The van der Waals surface area contributed by atoms with E-state index in [2.05, 4.69) is 6.92 Å². The molecular weight excluding hydrogens is 200 g/mol. The van der Waals surface area contributed by atoms with E-state index in [-0.39, 0.29) is 11.9 Å². The number of carbonyl (C=O) groups is 1. The molecule has 0 amide bonds. The number of esters is 1. The van der Waals surface area contributed by atoms with Crippen molar-refractivity contribution in [3.63, 3.8) is 0 Å². The summed E-state index contributed by atoms with van der Waals surface area (Å²) in [4.78, 5) is 11.9. The molecule has 0 aliphatic heterocycles. The molecule has 16 heavy (non-hydrogen) atoms. The Kier molecular flexibility index (Phi) is 5.62. The van der Waals surface area contributed by atoms with Crippen LogP contribution >= 0.6 is 0 Å². The fourth-order valence-electron chi connectivity index (χ4n) is 1.70. The molecule has 1 unspecified atom stereocenters. The summed E-state index contributed by atoms with van der Waals surface area (Å²) in [6.07, 6.45) is 2.72. The molecule has 0 heterocycles. The van der Waals surface area contributed by atoms with E-state index in [9.17, 15) is 4.79 Å². The van der Waals surface area contributed by atoms with Gasteiger partial charge in [0.2, 0.25) is 0 Å². The van der Waals surface area contributed by atoms with E-state index in [1.54, 1.807) is 0 Å². The van der Waals surface area contributed by atoms with Crippen LogP contribution in [-0.4, -0.2) is 12.6 Å². The van der Waals surface area contributed by atoms with Crippen LogP contribution in [0.4, 0.5) is 0 Å². The monoisotopic (exact) mass is 220 g/mol. The van der Waals surface area contributed by atoms with Crippen molar-refractivity contribution in [2.24, 2.45) is 0 Å². The summed E-state index contributed by atoms with van der Waals surface area (Å²) < 4.78 is 5.22. The Labute approximate surface area is 97.6 Å². The van der Waals surface area contributed by atoms with Gasteiger partial charge < -0.3 is 4.74 Å². The molecule has 0 saturated carbocycles. The molecule has 0 saturated heterocycles. The lowest BCUT2D eigenvalue weighted by molar-refractivity contribution is -0.145. The number of hydrogen-bond donors (Lipinski definition) is 0. The first-order valence-electron chi connectivity index (χ1n) is 6.01. The van der Waals surface area contributed by atoms with Crippen molar-refractivity contribution < 1.29 is 9.53 Å². The molecule has 1 rings (SSSR count). The Morgan fingerprint density at radius 3 is 2.44 bits per heavy atom. The first-order valence-corrected chi connectivity index (χ1v) is 6.01. The van der Waals surface area contributed by atoms with E-state index in [4.69, 9.17) is 4.74 Å². The molecule has 2 heteroatoms. The molecule has 88 valence electrons. The predicted molar refractivity (Wildman–Crippen MR) is 65.3 cm³/mol. The highest BCUT2D eigenvalue weighted by atomic mass is 16.5. The largest absolute Gasteiger partial charge is 0.465 e. The van der Waals surface area contributed by atoms with Crippen molar-refractivity contribution in [1.82, 2.24) is 0 Å². The lowest BCUT2D eigenvalue weighted by Gasteiger charge is -2.15. The average molecular weight is 220 g/mol. The van der Waals surface area contributed by atoms with Gasteiger partial charge in [-0.25, -0.2) is 0 Å². The molecule has 0 N–H and O–H groups in total. The van der Waals surface area contributed by atoms with Crippen LogP contribution in [0.3, 0.4) is 0 Å². The van der Waals surface area contributed by atoms with Crippen LogP contribution in [0.1, 0.15) is 44.6 Å². The van der Waals surface area contributed by atoms with Crippen LogP contribution in [0.25, 0.3) is 0 Å². The maximum Gasteiger partial charge on any atom is 0.313 e. The van der Waals surface area contributed by atoms with E-state index in [1.165, 1.54) is 0 Å². The van der Waals surface area contributed by atoms with Gasteiger partial charge in [-0.15, -0.1) is 0 Å². The maximum absolute atomic E-state index is 11.9. The summed E-state index contributed by atoms with van der Waals surface area (Å²) in [7, 11) is 0. The fourth-order valence-corrected chi connectivity index (χ4v) is 1.70. The summed E-state index contributed by atoms with van der Waals surface area (Å²) in [6.45, 7) is 4.61. The summed E-state index contributed by atoms with van der Waals surface area (Å²) in [5, 5.41) is 0. The molecule has 0 bridgehead atoms. The molecule has 1 aromatic carbocycles. The third kappa shape index (κ3) is 3.69. The smallest absolute Gasteiger partial charge is 0.313 e. The fraction of sp³-hybridized carbons (Fsp3) is 0.500. The van der Waals surface area contributed by atoms with Gasteiger partial charge in [-0.2, -0.15) is 0 Å². The van der Waals surface area contributed by atoms with Gasteiger partial charge in [-0.3, -0.25) is 4.79 Å². The predicted octanol–water partition coefficient (Wildman–Crippen LogP) is 3.52. The number of rotatable bonds is 6. The molecule has 0 aromatic heterocycles. The van der Waals surface area contributed by atoms with Crippen molar-refractivity contribution in [2.75, 3.05) is 6.61 Å². The Morgan fingerprint density at radius 2 is 1.88 bits per heavy atom. The van der Waals surface area contributed by atoms with Crippen LogP contribution in [-0.2, 0) is 9.53 Å². The number of ether oxygens (including phenoxy) is 1.